The fourth-order valence-corrected chi connectivity index (χ4v) is 9.84. The van der Waals surface area contributed by atoms with Crippen molar-refractivity contribution < 1.29 is 39.5 Å². The van der Waals surface area contributed by atoms with Crippen LogP contribution in [0, 0.1) is 46.3 Å². The minimum absolute atomic E-state index is 0.0439. The van der Waals surface area contributed by atoms with E-state index in [1.165, 1.54) is 44.9 Å². The summed E-state index contributed by atoms with van der Waals surface area (Å²) in [6, 6.07) is 0. The number of piperidine rings is 1. The van der Waals surface area contributed by atoms with E-state index in [2.05, 4.69) is 39.1 Å². The van der Waals surface area contributed by atoms with E-state index in [1.807, 2.05) is 0 Å². The number of hydrogen-bond acceptors (Lipinski definition) is 6. The van der Waals surface area contributed by atoms with Crippen molar-refractivity contribution in [3.8, 4) is 0 Å². The van der Waals surface area contributed by atoms with Gasteiger partial charge in [-0.25, -0.2) is 0 Å². The lowest BCUT2D eigenvalue weighted by Crippen LogP contribution is -2.57. The molecule has 4 aliphatic carbocycles. The quantitative estimate of drug-likeness (QED) is 0.227. The number of hydrogen-bond donors (Lipinski definition) is 5. The molecule has 0 amide bonds. The van der Waals surface area contributed by atoms with Gasteiger partial charge in [-0.2, -0.15) is 0 Å². The summed E-state index contributed by atoms with van der Waals surface area (Å²) in [5.41, 5.74) is 2.33. The zero-order valence-corrected chi connectivity index (χ0v) is 26.7. The molecule has 2 heterocycles. The molecule has 1 spiro atoms. The Hall–Kier alpha value is -1.97. The average molecular weight is 594 g/mol. The third kappa shape index (κ3) is 7.05. The predicted octanol–water partition coefficient (Wildman–Crippen LogP) is 5.56. The van der Waals surface area contributed by atoms with E-state index in [0.717, 1.165) is 69.7 Å². The van der Waals surface area contributed by atoms with Gasteiger partial charge in [0.05, 0.1) is 12.2 Å². The van der Waals surface area contributed by atoms with Crippen LogP contribution < -0.4 is 5.32 Å². The zero-order valence-electron chi connectivity index (χ0n) is 26.7. The Morgan fingerprint density at radius 2 is 1.50 bits per heavy atom. The van der Waals surface area contributed by atoms with Gasteiger partial charge in [-0.1, -0.05) is 39.3 Å². The van der Waals surface area contributed by atoms with Crippen molar-refractivity contribution in [2.24, 2.45) is 46.3 Å². The van der Waals surface area contributed by atoms with Gasteiger partial charge in [0.25, 0.3) is 17.9 Å². The monoisotopic (exact) mass is 593 g/mol. The molecule has 5 N–H and O–H groups in total. The fraction of sp³-hybridized carbons (Fsp3) is 0.848. The second-order valence-corrected chi connectivity index (χ2v) is 14.4. The first kappa shape index (κ1) is 34.5. The standard InChI is InChI=1S/C27H43NO2.3C2H4O2/c1-16-7-12-27(28-15-16)17(2)24-23(30-27)14-22-20-6-5-18-13-19(29)8-10-25(18,3)21(20)9-11-26(22,24)4;3*1-2(3)4/h5,16-17,19-24,28-29H,6-15H2,1-4H3;3*1H3,(H,3,4)/t16-,17+,19+,20-,21+,22+,23+,24+,25+,26+,27-;;;/m1.../s1. The maximum atomic E-state index is 10.3. The van der Waals surface area contributed by atoms with E-state index in [1.54, 1.807) is 5.57 Å². The van der Waals surface area contributed by atoms with Gasteiger partial charge >= 0.3 is 0 Å². The van der Waals surface area contributed by atoms with Gasteiger partial charge < -0.3 is 25.2 Å². The molecule has 2 aliphatic heterocycles. The highest BCUT2D eigenvalue weighted by atomic mass is 16.5. The number of fused-ring (bicyclic) bond motifs is 7. The van der Waals surface area contributed by atoms with E-state index < -0.39 is 17.9 Å². The second kappa shape index (κ2) is 13.3. The number of aliphatic hydroxyl groups is 1. The van der Waals surface area contributed by atoms with Crippen molar-refractivity contribution in [2.45, 2.75) is 124 Å². The van der Waals surface area contributed by atoms with Crippen molar-refractivity contribution in [1.82, 2.24) is 5.32 Å². The van der Waals surface area contributed by atoms with Crippen LogP contribution in [0.15, 0.2) is 11.6 Å². The molecular weight excluding hydrogens is 538 g/mol. The average Bonchev–Trinajstić information content (AvgIpc) is 3.30. The summed E-state index contributed by atoms with van der Waals surface area (Å²) in [4.78, 5) is 27.0. The lowest BCUT2D eigenvalue weighted by atomic mass is 9.47. The molecule has 240 valence electrons. The zero-order chi connectivity index (χ0) is 31.6. The number of carboxylic acid groups (broad SMARTS) is 3. The van der Waals surface area contributed by atoms with E-state index in [0.29, 0.717) is 22.9 Å². The van der Waals surface area contributed by atoms with Crippen LogP contribution in [0.2, 0.25) is 0 Å². The van der Waals surface area contributed by atoms with Gasteiger partial charge in [0.15, 0.2) is 0 Å². The van der Waals surface area contributed by atoms with Gasteiger partial charge in [0.2, 0.25) is 0 Å². The number of rotatable bonds is 0. The van der Waals surface area contributed by atoms with Gasteiger partial charge in [-0.05, 0) is 98.2 Å². The maximum Gasteiger partial charge on any atom is 0.300 e. The third-order valence-corrected chi connectivity index (χ3v) is 11.6. The highest BCUT2D eigenvalue weighted by Crippen LogP contribution is 2.70. The highest BCUT2D eigenvalue weighted by molar-refractivity contribution is 5.63. The summed E-state index contributed by atoms with van der Waals surface area (Å²) >= 11 is 0. The molecule has 0 radical (unpaired) electrons. The molecular formula is C33H55NO8. The summed E-state index contributed by atoms with van der Waals surface area (Å²) < 4.78 is 7.00. The van der Waals surface area contributed by atoms with Crippen molar-refractivity contribution in [1.29, 1.82) is 0 Å². The van der Waals surface area contributed by atoms with Crippen molar-refractivity contribution in [2.75, 3.05) is 6.54 Å². The third-order valence-electron chi connectivity index (χ3n) is 11.6. The molecule has 0 aromatic rings. The van der Waals surface area contributed by atoms with Crippen LogP contribution in [0.1, 0.15) is 106 Å². The van der Waals surface area contributed by atoms with E-state index in [9.17, 15) is 5.11 Å². The first-order valence-corrected chi connectivity index (χ1v) is 15.9. The Kier molecular flexibility index (Phi) is 11.0. The van der Waals surface area contributed by atoms with Crippen LogP contribution in [-0.2, 0) is 19.1 Å². The maximum absolute atomic E-state index is 10.3. The van der Waals surface area contributed by atoms with Gasteiger partial charge in [0, 0.05) is 33.2 Å². The first-order chi connectivity index (χ1) is 19.5. The molecule has 2 saturated heterocycles. The second-order valence-electron chi connectivity index (χ2n) is 14.4. The van der Waals surface area contributed by atoms with Gasteiger partial charge in [-0.15, -0.1) is 0 Å². The van der Waals surface area contributed by atoms with Crippen LogP contribution >= 0.6 is 0 Å². The summed E-state index contributed by atoms with van der Waals surface area (Å²) in [7, 11) is 0. The van der Waals surface area contributed by atoms with Crippen LogP contribution in [0.25, 0.3) is 0 Å². The Morgan fingerprint density at radius 3 is 2.05 bits per heavy atom. The molecule has 0 bridgehead atoms. The van der Waals surface area contributed by atoms with Crippen molar-refractivity contribution in [3.63, 3.8) is 0 Å². The molecule has 6 rings (SSSR count). The minimum atomic E-state index is -0.833. The first-order valence-electron chi connectivity index (χ1n) is 15.9. The molecule has 42 heavy (non-hydrogen) atoms. The van der Waals surface area contributed by atoms with E-state index in [-0.39, 0.29) is 11.8 Å². The molecule has 3 saturated carbocycles. The lowest BCUT2D eigenvalue weighted by molar-refractivity contribution is -0.135. The molecule has 11 atom stereocenters. The number of aliphatic hydroxyl groups excluding tert-OH is 1. The normalized spacial score (nSPS) is 44.5. The van der Waals surface area contributed by atoms with Crippen LogP contribution in [0.4, 0.5) is 0 Å². The van der Waals surface area contributed by atoms with Crippen LogP contribution in [0.5, 0.6) is 0 Å². The number of allylic oxidation sites excluding steroid dienone is 1. The Morgan fingerprint density at radius 1 is 0.905 bits per heavy atom. The van der Waals surface area contributed by atoms with E-state index >= 15 is 0 Å². The smallest absolute Gasteiger partial charge is 0.300 e. The summed E-state index contributed by atoms with van der Waals surface area (Å²) in [6.07, 6.45) is 13.8. The topological polar surface area (TPSA) is 153 Å². The number of aliphatic carboxylic acids is 3. The fourth-order valence-electron chi connectivity index (χ4n) is 9.84. The number of carboxylic acids is 3. The SMILES string of the molecule is CC(=O)O.CC(=O)O.CC(=O)O.C[C@@H]1CC[C@@]2(NC1)O[C@H]1C[C@H]3[C@@H]4CC=C5C[C@@H](O)CC[C@]5(C)[C@H]4CC[C@]3(C)[C@H]1[C@@H]2C. The van der Waals surface area contributed by atoms with Crippen molar-refractivity contribution >= 4 is 17.9 Å². The predicted molar refractivity (Wildman–Crippen MR) is 160 cm³/mol. The lowest BCUT2D eigenvalue weighted by Gasteiger charge is -2.58. The van der Waals surface area contributed by atoms with E-state index in [4.69, 9.17) is 34.4 Å². The van der Waals surface area contributed by atoms with Gasteiger partial charge in [-0.3, -0.25) is 19.7 Å². The number of nitrogens with one attached hydrogen (secondary N) is 1. The molecule has 0 unspecified atom stereocenters. The molecule has 5 fully saturated rings. The molecule has 9 heteroatoms. The number of carbonyl (C=O) groups is 3. The van der Waals surface area contributed by atoms with Crippen LogP contribution in [-0.4, -0.2) is 62.8 Å². The molecule has 6 aliphatic rings. The minimum Gasteiger partial charge on any atom is -0.481 e. The Balaban J connectivity index is 0.000000347. The summed E-state index contributed by atoms with van der Waals surface area (Å²) in [5, 5.41) is 36.4. The highest BCUT2D eigenvalue weighted by Gasteiger charge is 2.68. The molecule has 9 nitrogen and oxygen atoms in total. The van der Waals surface area contributed by atoms with Crippen LogP contribution in [0.3, 0.4) is 0 Å². The number of ether oxygens (including phenoxy) is 1. The molecule has 0 aromatic carbocycles. The van der Waals surface area contributed by atoms with Crippen molar-refractivity contribution in [3.05, 3.63) is 11.6 Å². The molecule has 0 aromatic heterocycles. The van der Waals surface area contributed by atoms with Gasteiger partial charge in [0.1, 0.15) is 5.72 Å². The summed E-state index contributed by atoms with van der Waals surface area (Å²) in [6.45, 7) is 14.4. The Bertz CT molecular complexity index is 979. The summed E-state index contributed by atoms with van der Waals surface area (Å²) in [5.74, 6) is 2.08. The Labute approximate surface area is 251 Å². The largest absolute Gasteiger partial charge is 0.481 e.